The van der Waals surface area contributed by atoms with Crippen LogP contribution in [0.2, 0.25) is 0 Å². The van der Waals surface area contributed by atoms with Crippen molar-refractivity contribution in [2.75, 3.05) is 7.11 Å². The number of thioether (sulfide) groups is 1. The lowest BCUT2D eigenvalue weighted by Crippen LogP contribution is -2.17. The van der Waals surface area contributed by atoms with E-state index in [0.29, 0.717) is 17.7 Å². The lowest BCUT2D eigenvalue weighted by atomic mass is 9.86. The number of hydrogen-bond donors (Lipinski definition) is 1. The molecule has 0 bridgehead atoms. The maximum absolute atomic E-state index is 12.5. The van der Waals surface area contributed by atoms with Gasteiger partial charge in [0.2, 0.25) is 0 Å². The molecule has 0 spiro atoms. The lowest BCUT2D eigenvalue weighted by molar-refractivity contribution is -0.115. The summed E-state index contributed by atoms with van der Waals surface area (Å²) in [6, 6.07) is 17.4. The van der Waals surface area contributed by atoms with Gasteiger partial charge < -0.3 is 9.84 Å². The minimum atomic E-state index is -0.00424. The summed E-state index contributed by atoms with van der Waals surface area (Å²) in [5.74, 6) is 0.970. The van der Waals surface area contributed by atoms with Crippen LogP contribution in [0.5, 0.6) is 5.75 Å². The van der Waals surface area contributed by atoms with Crippen LogP contribution in [0.15, 0.2) is 70.2 Å². The number of aliphatic hydroxyl groups excluding tert-OH is 1. The monoisotopic (exact) mass is 326 g/mol. The molecule has 118 valence electrons. The van der Waals surface area contributed by atoms with Crippen molar-refractivity contribution in [2.45, 2.75) is 23.7 Å². The largest absolute Gasteiger partial charge is 0.511 e. The molecular weight excluding hydrogens is 308 g/mol. The Morgan fingerprint density at radius 1 is 1.09 bits per heavy atom. The number of allylic oxidation sites excluding steroid dienone is 2. The zero-order valence-corrected chi connectivity index (χ0v) is 13.7. The Balaban J connectivity index is 1.81. The second-order valence-corrected chi connectivity index (χ2v) is 6.58. The number of carbonyl (C=O) groups excluding carboxylic acids is 1. The third-order valence-corrected chi connectivity index (χ3v) is 5.08. The summed E-state index contributed by atoms with van der Waals surface area (Å²) in [6.45, 7) is 0. The highest BCUT2D eigenvalue weighted by Crippen LogP contribution is 2.40. The number of benzene rings is 2. The van der Waals surface area contributed by atoms with Crippen LogP contribution in [0.25, 0.3) is 0 Å². The SMILES string of the molecule is COc1cccc(SC2=C(O)CC(c3ccccc3)CC2=O)c1. The second kappa shape index (κ2) is 6.92. The molecule has 0 radical (unpaired) electrons. The van der Waals surface area contributed by atoms with Gasteiger partial charge in [0, 0.05) is 17.7 Å². The molecule has 4 heteroatoms. The number of ether oxygens (including phenoxy) is 1. The van der Waals surface area contributed by atoms with E-state index in [1.54, 1.807) is 7.11 Å². The van der Waals surface area contributed by atoms with Crippen LogP contribution in [0, 0.1) is 0 Å². The fraction of sp³-hybridized carbons (Fsp3) is 0.211. The summed E-state index contributed by atoms with van der Waals surface area (Å²) < 4.78 is 5.20. The van der Waals surface area contributed by atoms with Crippen molar-refractivity contribution in [3.8, 4) is 5.75 Å². The molecule has 0 saturated heterocycles. The van der Waals surface area contributed by atoms with Gasteiger partial charge in [0.25, 0.3) is 0 Å². The van der Waals surface area contributed by atoms with E-state index in [9.17, 15) is 9.90 Å². The first-order chi connectivity index (χ1) is 11.2. The first-order valence-corrected chi connectivity index (χ1v) is 8.31. The van der Waals surface area contributed by atoms with E-state index in [2.05, 4.69) is 0 Å². The van der Waals surface area contributed by atoms with Crippen molar-refractivity contribution in [1.82, 2.24) is 0 Å². The van der Waals surface area contributed by atoms with Crippen molar-refractivity contribution >= 4 is 17.5 Å². The van der Waals surface area contributed by atoms with Crippen molar-refractivity contribution < 1.29 is 14.6 Å². The van der Waals surface area contributed by atoms with Gasteiger partial charge in [-0.2, -0.15) is 0 Å². The smallest absolute Gasteiger partial charge is 0.173 e. The summed E-state index contributed by atoms with van der Waals surface area (Å²) in [5, 5.41) is 10.4. The van der Waals surface area contributed by atoms with E-state index < -0.39 is 0 Å². The molecule has 0 fully saturated rings. The molecular formula is C19H18O3S. The van der Waals surface area contributed by atoms with E-state index in [-0.39, 0.29) is 17.5 Å². The highest BCUT2D eigenvalue weighted by molar-refractivity contribution is 8.04. The molecule has 3 rings (SSSR count). The van der Waals surface area contributed by atoms with Crippen LogP contribution in [0.1, 0.15) is 24.3 Å². The normalized spacial score (nSPS) is 18.1. The van der Waals surface area contributed by atoms with E-state index >= 15 is 0 Å². The molecule has 2 aromatic rings. The zero-order valence-electron chi connectivity index (χ0n) is 12.9. The number of Topliss-reactive ketones (excluding diaryl/α,β-unsaturated/α-hetero) is 1. The molecule has 23 heavy (non-hydrogen) atoms. The first-order valence-electron chi connectivity index (χ1n) is 7.49. The highest BCUT2D eigenvalue weighted by atomic mass is 32.2. The van der Waals surface area contributed by atoms with E-state index in [1.165, 1.54) is 11.8 Å². The predicted molar refractivity (Wildman–Crippen MR) is 91.9 cm³/mol. The van der Waals surface area contributed by atoms with Gasteiger partial charge in [0.15, 0.2) is 5.78 Å². The van der Waals surface area contributed by atoms with Crippen molar-refractivity contribution in [3.05, 3.63) is 70.8 Å². The summed E-state index contributed by atoms with van der Waals surface area (Å²) in [6.07, 6.45) is 0.933. The Morgan fingerprint density at radius 3 is 2.57 bits per heavy atom. The fourth-order valence-electron chi connectivity index (χ4n) is 2.73. The van der Waals surface area contributed by atoms with Crippen LogP contribution in [0.4, 0.5) is 0 Å². The van der Waals surface area contributed by atoms with Gasteiger partial charge >= 0.3 is 0 Å². The Labute approximate surface area is 140 Å². The molecule has 0 aromatic heterocycles. The molecule has 0 saturated carbocycles. The summed E-state index contributed by atoms with van der Waals surface area (Å²) >= 11 is 1.31. The van der Waals surface area contributed by atoms with Crippen LogP contribution in [-0.4, -0.2) is 18.0 Å². The quantitative estimate of drug-likeness (QED) is 0.884. The van der Waals surface area contributed by atoms with Crippen LogP contribution in [0.3, 0.4) is 0 Å². The Kier molecular flexibility index (Phi) is 4.72. The number of carbonyl (C=O) groups is 1. The van der Waals surface area contributed by atoms with Crippen LogP contribution in [-0.2, 0) is 4.79 Å². The standard InChI is InChI=1S/C19H18O3S/c1-22-15-8-5-9-16(12-15)23-19-17(20)10-14(11-18(19)21)13-6-3-2-4-7-13/h2-9,12,14,20H,10-11H2,1H3. The molecule has 2 aromatic carbocycles. The van der Waals surface area contributed by atoms with Gasteiger partial charge in [-0.3, -0.25) is 4.79 Å². The van der Waals surface area contributed by atoms with E-state index in [1.807, 2.05) is 54.6 Å². The van der Waals surface area contributed by atoms with E-state index in [4.69, 9.17) is 4.74 Å². The number of rotatable bonds is 4. The molecule has 1 aliphatic rings. The van der Waals surface area contributed by atoms with Gasteiger partial charge in [-0.25, -0.2) is 0 Å². The van der Waals surface area contributed by atoms with Gasteiger partial charge in [-0.05, 0) is 29.7 Å². The molecule has 0 aliphatic heterocycles. The maximum atomic E-state index is 12.5. The Bertz CT molecular complexity index is 737. The number of methoxy groups -OCH3 is 1. The highest BCUT2D eigenvalue weighted by Gasteiger charge is 2.29. The van der Waals surface area contributed by atoms with Crippen molar-refractivity contribution in [3.63, 3.8) is 0 Å². The van der Waals surface area contributed by atoms with Gasteiger partial charge in [-0.15, -0.1) is 0 Å². The van der Waals surface area contributed by atoms with Crippen molar-refractivity contribution in [2.24, 2.45) is 0 Å². The average Bonchev–Trinajstić information content (AvgIpc) is 2.59. The Hall–Kier alpha value is -2.20. The molecule has 1 atom stereocenters. The summed E-state index contributed by atoms with van der Waals surface area (Å²) in [7, 11) is 1.61. The summed E-state index contributed by atoms with van der Waals surface area (Å²) in [5.41, 5.74) is 1.10. The predicted octanol–water partition coefficient (Wildman–Crippen LogP) is 4.70. The van der Waals surface area contributed by atoms with Crippen molar-refractivity contribution in [1.29, 1.82) is 0 Å². The third-order valence-electron chi connectivity index (χ3n) is 3.92. The molecule has 0 heterocycles. The molecule has 1 aliphatic carbocycles. The number of hydrogen-bond acceptors (Lipinski definition) is 4. The van der Waals surface area contributed by atoms with E-state index in [0.717, 1.165) is 16.2 Å². The Morgan fingerprint density at radius 2 is 1.87 bits per heavy atom. The molecule has 0 amide bonds. The minimum absolute atomic E-state index is 0.00424. The maximum Gasteiger partial charge on any atom is 0.173 e. The van der Waals surface area contributed by atoms with Crippen LogP contribution < -0.4 is 4.74 Å². The first kappa shape index (κ1) is 15.7. The lowest BCUT2D eigenvalue weighted by Gasteiger charge is -2.23. The average molecular weight is 326 g/mol. The number of aliphatic hydroxyl groups is 1. The summed E-state index contributed by atoms with van der Waals surface area (Å²) in [4.78, 5) is 13.8. The molecule has 3 nitrogen and oxygen atoms in total. The zero-order chi connectivity index (χ0) is 16.2. The second-order valence-electron chi connectivity index (χ2n) is 5.50. The third kappa shape index (κ3) is 3.59. The minimum Gasteiger partial charge on any atom is -0.511 e. The number of ketones is 1. The van der Waals surface area contributed by atoms with Gasteiger partial charge in [0.1, 0.15) is 11.5 Å². The van der Waals surface area contributed by atoms with Crippen LogP contribution >= 0.6 is 11.8 Å². The molecule has 1 unspecified atom stereocenters. The molecule has 1 N–H and O–H groups in total. The topological polar surface area (TPSA) is 46.5 Å². The van der Waals surface area contributed by atoms with Gasteiger partial charge in [-0.1, -0.05) is 48.2 Å². The fourth-order valence-corrected chi connectivity index (χ4v) is 3.69. The van der Waals surface area contributed by atoms with Gasteiger partial charge in [0.05, 0.1) is 12.0 Å².